The molecule has 0 aliphatic heterocycles. The number of aliphatic hydroxyl groups excluding tert-OH is 1. The summed E-state index contributed by atoms with van der Waals surface area (Å²) in [6.45, 7) is 5.87. The van der Waals surface area contributed by atoms with E-state index in [1.165, 1.54) is 6.07 Å². The highest BCUT2D eigenvalue weighted by molar-refractivity contribution is 5.35. The van der Waals surface area contributed by atoms with Crippen LogP contribution in [0.5, 0.6) is 0 Å². The van der Waals surface area contributed by atoms with Gasteiger partial charge in [-0.25, -0.2) is 0 Å². The third-order valence-electron chi connectivity index (χ3n) is 3.24. The van der Waals surface area contributed by atoms with Crippen molar-refractivity contribution in [3.05, 3.63) is 39.9 Å². The number of nitrogens with zero attached hydrogens (tertiary/aromatic N) is 1. The molecule has 0 radical (unpaired) electrons. The normalized spacial score (nSPS) is 15.6. The lowest BCUT2D eigenvalue weighted by Crippen LogP contribution is -2.32. The van der Waals surface area contributed by atoms with Gasteiger partial charge in [-0.1, -0.05) is 25.5 Å². The molecule has 3 atom stereocenters. The second-order valence-corrected chi connectivity index (χ2v) is 5.35. The Hall–Kier alpha value is -1.46. The van der Waals surface area contributed by atoms with Crippen LogP contribution in [-0.2, 0) is 0 Å². The maximum absolute atomic E-state index is 10.9. The van der Waals surface area contributed by atoms with E-state index in [-0.39, 0.29) is 28.8 Å². The summed E-state index contributed by atoms with van der Waals surface area (Å²) >= 11 is 0. The highest BCUT2D eigenvalue weighted by Gasteiger charge is 2.17. The van der Waals surface area contributed by atoms with Crippen LogP contribution in [0.4, 0.5) is 5.69 Å². The van der Waals surface area contributed by atoms with Gasteiger partial charge in [-0.15, -0.1) is 0 Å². The van der Waals surface area contributed by atoms with E-state index in [2.05, 4.69) is 12.2 Å². The van der Waals surface area contributed by atoms with Crippen LogP contribution in [-0.4, -0.2) is 22.2 Å². The van der Waals surface area contributed by atoms with E-state index in [1.807, 2.05) is 13.0 Å². The first-order valence-electron chi connectivity index (χ1n) is 7.12. The summed E-state index contributed by atoms with van der Waals surface area (Å²) in [6, 6.07) is 7.00. The van der Waals surface area contributed by atoms with Gasteiger partial charge in [-0.2, -0.15) is 0 Å². The van der Waals surface area contributed by atoms with E-state index in [4.69, 9.17) is 0 Å². The van der Waals surface area contributed by atoms with Gasteiger partial charge in [0.1, 0.15) is 0 Å². The zero-order valence-electron chi connectivity index (χ0n) is 12.4. The van der Waals surface area contributed by atoms with E-state index in [9.17, 15) is 15.2 Å². The number of hydrogen-bond acceptors (Lipinski definition) is 4. The highest BCUT2D eigenvalue weighted by Crippen LogP contribution is 2.23. The minimum absolute atomic E-state index is 0.0775. The molecule has 0 heterocycles. The van der Waals surface area contributed by atoms with Crippen LogP contribution >= 0.6 is 0 Å². The van der Waals surface area contributed by atoms with E-state index in [0.717, 1.165) is 18.4 Å². The summed E-state index contributed by atoms with van der Waals surface area (Å²) in [7, 11) is 0. The molecule has 20 heavy (non-hydrogen) atoms. The van der Waals surface area contributed by atoms with E-state index < -0.39 is 0 Å². The average molecular weight is 280 g/mol. The van der Waals surface area contributed by atoms with Gasteiger partial charge >= 0.3 is 0 Å². The fourth-order valence-corrected chi connectivity index (χ4v) is 2.41. The minimum Gasteiger partial charge on any atom is -0.393 e. The number of aliphatic hydroxyl groups is 1. The van der Waals surface area contributed by atoms with Crippen LogP contribution in [0.3, 0.4) is 0 Å². The van der Waals surface area contributed by atoms with Crippen molar-refractivity contribution in [1.29, 1.82) is 0 Å². The van der Waals surface area contributed by atoms with Crippen LogP contribution in [0, 0.1) is 10.1 Å². The summed E-state index contributed by atoms with van der Waals surface area (Å²) in [6.07, 6.45) is 2.20. The van der Waals surface area contributed by atoms with Crippen molar-refractivity contribution < 1.29 is 10.0 Å². The molecular formula is C15H24N2O3. The summed E-state index contributed by atoms with van der Waals surface area (Å²) < 4.78 is 0. The molecule has 1 aromatic rings. The molecule has 0 saturated heterocycles. The molecule has 2 N–H and O–H groups in total. The van der Waals surface area contributed by atoms with Crippen molar-refractivity contribution in [3.63, 3.8) is 0 Å². The molecule has 1 aromatic carbocycles. The quantitative estimate of drug-likeness (QED) is 0.566. The molecule has 0 aliphatic rings. The van der Waals surface area contributed by atoms with Crippen LogP contribution < -0.4 is 5.32 Å². The Morgan fingerprint density at radius 1 is 1.40 bits per heavy atom. The van der Waals surface area contributed by atoms with Gasteiger partial charge in [0, 0.05) is 24.2 Å². The first-order valence-corrected chi connectivity index (χ1v) is 7.12. The number of nitro groups is 1. The standard InChI is InChI=1S/C15H24N2O3/c1-4-6-15(16-11(2)9-12(3)18)13-7-5-8-14(10-13)17(19)20/h5,7-8,10-12,15-16,18H,4,6,9H2,1-3H3. The smallest absolute Gasteiger partial charge is 0.269 e. The van der Waals surface area contributed by atoms with Crippen molar-refractivity contribution in [2.45, 2.75) is 58.2 Å². The maximum atomic E-state index is 10.9. The Labute approximate surface area is 120 Å². The molecular weight excluding hydrogens is 256 g/mol. The van der Waals surface area contributed by atoms with Crippen LogP contribution in [0.1, 0.15) is 51.6 Å². The number of nitrogens with one attached hydrogen (secondary N) is 1. The number of rotatable bonds is 8. The molecule has 0 amide bonds. The van der Waals surface area contributed by atoms with Crippen molar-refractivity contribution in [2.24, 2.45) is 0 Å². The van der Waals surface area contributed by atoms with E-state index >= 15 is 0 Å². The zero-order valence-corrected chi connectivity index (χ0v) is 12.4. The maximum Gasteiger partial charge on any atom is 0.269 e. The van der Waals surface area contributed by atoms with Gasteiger partial charge in [0.2, 0.25) is 0 Å². The summed E-state index contributed by atoms with van der Waals surface area (Å²) in [5.74, 6) is 0. The van der Waals surface area contributed by atoms with E-state index in [0.29, 0.717) is 6.42 Å². The molecule has 5 nitrogen and oxygen atoms in total. The van der Waals surface area contributed by atoms with Gasteiger partial charge in [0.25, 0.3) is 5.69 Å². The number of benzene rings is 1. The predicted octanol–water partition coefficient (Wildman–Crippen LogP) is 3.19. The van der Waals surface area contributed by atoms with Crippen molar-refractivity contribution in [1.82, 2.24) is 5.32 Å². The van der Waals surface area contributed by atoms with Gasteiger partial charge in [0.15, 0.2) is 0 Å². The number of hydrogen-bond donors (Lipinski definition) is 2. The van der Waals surface area contributed by atoms with Crippen LogP contribution in [0.25, 0.3) is 0 Å². The summed E-state index contributed by atoms with van der Waals surface area (Å²) in [4.78, 5) is 10.5. The Balaban J connectivity index is 2.84. The van der Waals surface area contributed by atoms with Gasteiger partial charge < -0.3 is 10.4 Å². The van der Waals surface area contributed by atoms with Crippen molar-refractivity contribution in [2.75, 3.05) is 0 Å². The fourth-order valence-electron chi connectivity index (χ4n) is 2.41. The van der Waals surface area contributed by atoms with Crippen molar-refractivity contribution in [3.8, 4) is 0 Å². The lowest BCUT2D eigenvalue weighted by molar-refractivity contribution is -0.384. The SMILES string of the molecule is CCCC(NC(C)CC(C)O)c1cccc([N+](=O)[O-])c1. The Morgan fingerprint density at radius 2 is 2.10 bits per heavy atom. The molecule has 112 valence electrons. The fraction of sp³-hybridized carbons (Fsp3) is 0.600. The molecule has 1 rings (SSSR count). The second kappa shape index (κ2) is 7.97. The first kappa shape index (κ1) is 16.6. The monoisotopic (exact) mass is 280 g/mol. The molecule has 0 spiro atoms. The molecule has 5 heteroatoms. The molecule has 0 fully saturated rings. The topological polar surface area (TPSA) is 75.4 Å². The molecule has 0 saturated carbocycles. The van der Waals surface area contributed by atoms with Gasteiger partial charge in [0.05, 0.1) is 11.0 Å². The third kappa shape index (κ3) is 5.27. The number of nitro benzene ring substituents is 1. The van der Waals surface area contributed by atoms with Crippen LogP contribution in [0.2, 0.25) is 0 Å². The van der Waals surface area contributed by atoms with Crippen molar-refractivity contribution >= 4 is 5.69 Å². The Bertz CT molecular complexity index is 435. The molecule has 3 unspecified atom stereocenters. The second-order valence-electron chi connectivity index (χ2n) is 5.35. The molecule has 0 aliphatic carbocycles. The largest absolute Gasteiger partial charge is 0.393 e. The zero-order chi connectivity index (χ0) is 15.1. The lowest BCUT2D eigenvalue weighted by Gasteiger charge is -2.24. The van der Waals surface area contributed by atoms with Gasteiger partial charge in [-0.05, 0) is 32.3 Å². The third-order valence-corrected chi connectivity index (χ3v) is 3.24. The Morgan fingerprint density at radius 3 is 2.65 bits per heavy atom. The first-order chi connectivity index (χ1) is 9.43. The van der Waals surface area contributed by atoms with Gasteiger partial charge in [-0.3, -0.25) is 10.1 Å². The van der Waals surface area contributed by atoms with E-state index in [1.54, 1.807) is 19.1 Å². The van der Waals surface area contributed by atoms with Crippen LogP contribution in [0.15, 0.2) is 24.3 Å². The molecule has 0 bridgehead atoms. The Kier molecular flexibility index (Phi) is 6.61. The lowest BCUT2D eigenvalue weighted by atomic mass is 10.00. The average Bonchev–Trinajstić information content (AvgIpc) is 2.37. The minimum atomic E-state index is -0.369. The summed E-state index contributed by atoms with van der Waals surface area (Å²) in [5, 5.41) is 23.7. The predicted molar refractivity (Wildman–Crippen MR) is 79.6 cm³/mol. The summed E-state index contributed by atoms with van der Waals surface area (Å²) in [5.41, 5.74) is 1.05. The number of non-ortho nitro benzene ring substituents is 1. The highest BCUT2D eigenvalue weighted by atomic mass is 16.6. The molecule has 0 aromatic heterocycles.